The summed E-state index contributed by atoms with van der Waals surface area (Å²) in [6, 6.07) is 3.67. The molecule has 4 aliphatic rings. The Bertz CT molecular complexity index is 969. The molecule has 5 nitrogen and oxygen atoms in total. The van der Waals surface area contributed by atoms with Gasteiger partial charge in [0.15, 0.2) is 0 Å². The van der Waals surface area contributed by atoms with Gasteiger partial charge >= 0.3 is 0 Å². The van der Waals surface area contributed by atoms with E-state index in [4.69, 9.17) is 4.42 Å². The van der Waals surface area contributed by atoms with Gasteiger partial charge in [0.05, 0.1) is 18.5 Å². The molecule has 0 spiro atoms. The molecule has 0 unspecified atom stereocenters. The molecule has 130 valence electrons. The average molecular weight is 345 g/mol. The minimum Gasteiger partial charge on any atom is -0.467 e. The first-order chi connectivity index (χ1) is 12.8. The molecule has 3 aliphatic carbocycles. The van der Waals surface area contributed by atoms with E-state index in [9.17, 15) is 4.79 Å². The van der Waals surface area contributed by atoms with Gasteiger partial charge in [-0.25, -0.2) is 0 Å². The largest absolute Gasteiger partial charge is 0.467 e. The smallest absolute Gasteiger partial charge is 0.247 e. The Hall–Kier alpha value is -3.21. The van der Waals surface area contributed by atoms with Crippen molar-refractivity contribution < 1.29 is 9.21 Å². The summed E-state index contributed by atoms with van der Waals surface area (Å²) in [4.78, 5) is 12.6. The van der Waals surface area contributed by atoms with E-state index in [0.717, 1.165) is 41.1 Å². The fraction of sp³-hybridized carbons (Fsp3) is 0.190. The molecule has 0 aromatic carbocycles. The van der Waals surface area contributed by atoms with Gasteiger partial charge in [-0.15, -0.1) is 0 Å². The number of fused-ring (bicyclic) bond motifs is 1. The Balaban J connectivity index is 1.45. The van der Waals surface area contributed by atoms with Crippen LogP contribution in [0.3, 0.4) is 0 Å². The minimum absolute atomic E-state index is 0.0639. The van der Waals surface area contributed by atoms with Crippen LogP contribution in [0.5, 0.6) is 0 Å². The fourth-order valence-corrected chi connectivity index (χ4v) is 3.83. The lowest BCUT2D eigenvalue weighted by Crippen LogP contribution is -2.28. The van der Waals surface area contributed by atoms with Gasteiger partial charge in [0.1, 0.15) is 5.76 Å². The lowest BCUT2D eigenvalue weighted by Gasteiger charge is -2.17. The zero-order chi connectivity index (χ0) is 17.5. The van der Waals surface area contributed by atoms with Gasteiger partial charge in [-0.05, 0) is 42.2 Å². The maximum Gasteiger partial charge on any atom is 0.247 e. The summed E-state index contributed by atoms with van der Waals surface area (Å²) in [6.07, 6.45) is 15.0. The summed E-state index contributed by atoms with van der Waals surface area (Å²) in [5.41, 5.74) is 14.4. The molecular formula is C21H19N3O2. The Morgan fingerprint density at radius 1 is 1.27 bits per heavy atom. The Kier molecular flexibility index (Phi) is 3.45. The molecule has 26 heavy (non-hydrogen) atoms. The molecule has 1 aliphatic heterocycles. The lowest BCUT2D eigenvalue weighted by atomic mass is 9.88. The van der Waals surface area contributed by atoms with Gasteiger partial charge < -0.3 is 15.2 Å². The number of hydrogen-bond acceptors (Lipinski definition) is 4. The molecular weight excluding hydrogens is 326 g/mol. The van der Waals surface area contributed by atoms with E-state index < -0.39 is 0 Å². The highest BCUT2D eigenvalue weighted by Crippen LogP contribution is 2.40. The molecule has 1 aromatic heterocycles. The molecule has 0 saturated carbocycles. The lowest BCUT2D eigenvalue weighted by molar-refractivity contribution is -0.117. The third-order valence-corrected chi connectivity index (χ3v) is 5.11. The number of carbonyl (C=O) groups is 1. The molecule has 0 atom stereocenters. The molecule has 2 heterocycles. The zero-order valence-electron chi connectivity index (χ0n) is 14.3. The number of nitrogens with one attached hydrogen (secondary N) is 3. The van der Waals surface area contributed by atoms with Gasteiger partial charge in [0.25, 0.3) is 0 Å². The van der Waals surface area contributed by atoms with Gasteiger partial charge in [0.2, 0.25) is 5.91 Å². The van der Waals surface area contributed by atoms with Crippen LogP contribution in [0.4, 0.5) is 0 Å². The molecule has 0 radical (unpaired) electrons. The molecule has 5 heteroatoms. The highest BCUT2D eigenvalue weighted by Gasteiger charge is 2.31. The van der Waals surface area contributed by atoms with Crippen LogP contribution in [-0.4, -0.2) is 5.91 Å². The molecule has 0 fully saturated rings. The summed E-state index contributed by atoms with van der Waals surface area (Å²) in [6.45, 7) is 0.393. The maximum atomic E-state index is 12.6. The minimum atomic E-state index is -0.0639. The Labute approximate surface area is 151 Å². The number of rotatable bonds is 3. The summed E-state index contributed by atoms with van der Waals surface area (Å²) in [5.74, 6) is 0.683. The van der Waals surface area contributed by atoms with E-state index in [0.29, 0.717) is 13.0 Å². The van der Waals surface area contributed by atoms with E-state index in [-0.39, 0.29) is 5.91 Å². The highest BCUT2D eigenvalue weighted by molar-refractivity contribution is 5.95. The van der Waals surface area contributed by atoms with Crippen LogP contribution in [0.2, 0.25) is 0 Å². The summed E-state index contributed by atoms with van der Waals surface area (Å²) in [5, 5.41) is 2.94. The number of carbonyl (C=O) groups excluding carboxylic acids is 1. The van der Waals surface area contributed by atoms with Crippen molar-refractivity contribution >= 4 is 5.91 Å². The predicted molar refractivity (Wildman–Crippen MR) is 98.1 cm³/mol. The summed E-state index contributed by atoms with van der Waals surface area (Å²) < 4.78 is 5.28. The SMILES string of the molecule is O=C(NCc1ccco1)C1=CC2=CC=C3CCC=CC3=C3NNC(=C23)C1. The second-order valence-corrected chi connectivity index (χ2v) is 6.76. The molecule has 0 saturated heterocycles. The van der Waals surface area contributed by atoms with E-state index in [2.05, 4.69) is 40.5 Å². The number of amides is 1. The Morgan fingerprint density at radius 2 is 2.23 bits per heavy atom. The van der Waals surface area contributed by atoms with Crippen molar-refractivity contribution in [3.63, 3.8) is 0 Å². The van der Waals surface area contributed by atoms with Gasteiger partial charge in [-0.1, -0.05) is 24.3 Å². The normalized spacial score (nSPS) is 20.2. The van der Waals surface area contributed by atoms with Crippen molar-refractivity contribution in [3.8, 4) is 0 Å². The molecule has 1 amide bonds. The number of hydrazine groups is 1. The quantitative estimate of drug-likeness (QED) is 0.788. The summed E-state index contributed by atoms with van der Waals surface area (Å²) >= 11 is 0. The number of allylic oxidation sites excluding steroid dienone is 9. The third kappa shape index (κ3) is 2.44. The van der Waals surface area contributed by atoms with E-state index in [1.165, 1.54) is 16.7 Å². The zero-order valence-corrected chi connectivity index (χ0v) is 14.3. The topological polar surface area (TPSA) is 66.3 Å². The van der Waals surface area contributed by atoms with E-state index >= 15 is 0 Å². The second-order valence-electron chi connectivity index (χ2n) is 6.76. The second kappa shape index (κ2) is 5.95. The number of hydrogen-bond donors (Lipinski definition) is 3. The first-order valence-electron chi connectivity index (χ1n) is 8.89. The first-order valence-corrected chi connectivity index (χ1v) is 8.89. The van der Waals surface area contributed by atoms with Crippen molar-refractivity contribution in [2.45, 2.75) is 25.8 Å². The number of furan rings is 1. The van der Waals surface area contributed by atoms with Crippen molar-refractivity contribution in [3.05, 3.63) is 93.8 Å². The fourth-order valence-electron chi connectivity index (χ4n) is 3.83. The Morgan fingerprint density at radius 3 is 3.12 bits per heavy atom. The summed E-state index contributed by atoms with van der Waals surface area (Å²) in [7, 11) is 0. The van der Waals surface area contributed by atoms with Crippen LogP contribution >= 0.6 is 0 Å². The van der Waals surface area contributed by atoms with Crippen LogP contribution in [0, 0.1) is 0 Å². The van der Waals surface area contributed by atoms with E-state index in [1.54, 1.807) is 6.26 Å². The standard InChI is InChI=1S/C21H19N3O2/c25-21(22-12-16-5-3-9-26-16)15-10-14-8-7-13-4-1-2-6-17(13)20-19(14)18(11-15)23-24-20/h2-3,5-10,23-24H,1,4,11-12H2,(H,22,25). The monoisotopic (exact) mass is 345 g/mol. The van der Waals surface area contributed by atoms with Crippen LogP contribution in [0.1, 0.15) is 25.0 Å². The van der Waals surface area contributed by atoms with Crippen LogP contribution in [0.15, 0.2) is 92.5 Å². The maximum absolute atomic E-state index is 12.6. The van der Waals surface area contributed by atoms with Crippen LogP contribution in [0.25, 0.3) is 0 Å². The van der Waals surface area contributed by atoms with Gasteiger partial charge in [-0.2, -0.15) is 0 Å². The first kappa shape index (κ1) is 15.1. The van der Waals surface area contributed by atoms with Gasteiger partial charge in [-0.3, -0.25) is 10.2 Å². The molecule has 1 aromatic rings. The van der Waals surface area contributed by atoms with Crippen LogP contribution < -0.4 is 16.2 Å². The van der Waals surface area contributed by atoms with Crippen molar-refractivity contribution in [2.24, 2.45) is 0 Å². The predicted octanol–water partition coefficient (Wildman–Crippen LogP) is 3.06. The molecule has 5 rings (SSSR count). The average Bonchev–Trinajstić information content (AvgIpc) is 3.30. The van der Waals surface area contributed by atoms with Crippen LogP contribution in [-0.2, 0) is 11.3 Å². The molecule has 3 N–H and O–H groups in total. The van der Waals surface area contributed by atoms with Crippen molar-refractivity contribution in [1.29, 1.82) is 0 Å². The third-order valence-electron chi connectivity index (χ3n) is 5.11. The molecule has 0 bridgehead atoms. The highest BCUT2D eigenvalue weighted by atomic mass is 16.3. The van der Waals surface area contributed by atoms with Gasteiger partial charge in [0, 0.05) is 28.8 Å². The van der Waals surface area contributed by atoms with Crippen molar-refractivity contribution in [1.82, 2.24) is 16.2 Å². The van der Waals surface area contributed by atoms with Crippen molar-refractivity contribution in [2.75, 3.05) is 0 Å². The van der Waals surface area contributed by atoms with E-state index in [1.807, 2.05) is 18.2 Å².